The first-order chi connectivity index (χ1) is 12.6. The lowest BCUT2D eigenvalue weighted by atomic mass is 10.1. The number of aromatic hydroxyl groups is 1. The van der Waals surface area contributed by atoms with Gasteiger partial charge in [0.25, 0.3) is 5.91 Å². The second-order valence-corrected chi connectivity index (χ2v) is 6.81. The zero-order chi connectivity index (χ0) is 18.1. The van der Waals surface area contributed by atoms with E-state index >= 15 is 0 Å². The minimum Gasteiger partial charge on any atom is -0.507 e. The third-order valence-electron chi connectivity index (χ3n) is 3.90. The van der Waals surface area contributed by atoms with Crippen molar-refractivity contribution in [2.75, 3.05) is 5.32 Å². The number of carbonyl (C=O) groups excluding carboxylic acids is 1. The fourth-order valence-electron chi connectivity index (χ4n) is 2.62. The molecule has 4 aromatic rings. The number of amides is 1. The Kier molecular flexibility index (Phi) is 4.34. The summed E-state index contributed by atoms with van der Waals surface area (Å²) >= 11 is 2.11. The molecule has 5 nitrogen and oxygen atoms in total. The Labute approximate surface area is 162 Å². The number of para-hydroxylation sites is 2. The van der Waals surface area contributed by atoms with Gasteiger partial charge < -0.3 is 14.8 Å². The van der Waals surface area contributed by atoms with E-state index in [-0.39, 0.29) is 11.7 Å². The third-order valence-corrected chi connectivity index (χ3v) is 4.84. The third kappa shape index (κ3) is 3.15. The Bertz CT molecular complexity index is 1090. The molecule has 0 fully saturated rings. The zero-order valence-electron chi connectivity index (χ0n) is 13.4. The minimum atomic E-state index is -0.232. The van der Waals surface area contributed by atoms with Gasteiger partial charge in [0.2, 0.25) is 5.89 Å². The quantitative estimate of drug-likeness (QED) is 0.423. The molecule has 0 atom stereocenters. The van der Waals surface area contributed by atoms with Crippen molar-refractivity contribution in [1.82, 2.24) is 4.98 Å². The highest BCUT2D eigenvalue weighted by molar-refractivity contribution is 14.1. The summed E-state index contributed by atoms with van der Waals surface area (Å²) in [6.07, 6.45) is 0. The van der Waals surface area contributed by atoms with Crippen LogP contribution in [0, 0.1) is 3.57 Å². The van der Waals surface area contributed by atoms with Crippen molar-refractivity contribution in [3.05, 3.63) is 75.9 Å². The number of phenolic OH excluding ortho intramolecular Hbond substituents is 1. The number of nitrogens with zero attached hydrogens (tertiary/aromatic N) is 1. The number of anilines is 1. The largest absolute Gasteiger partial charge is 0.507 e. The van der Waals surface area contributed by atoms with E-state index in [0.29, 0.717) is 28.3 Å². The predicted octanol–water partition coefficient (Wildman–Crippen LogP) is 5.06. The van der Waals surface area contributed by atoms with Crippen LogP contribution in [-0.2, 0) is 0 Å². The number of carbonyl (C=O) groups is 1. The number of nitrogens with one attached hydrogen (secondary N) is 1. The molecule has 0 unspecified atom stereocenters. The smallest absolute Gasteiger partial charge is 0.256 e. The van der Waals surface area contributed by atoms with Crippen LogP contribution in [0.5, 0.6) is 5.75 Å². The fraction of sp³-hybridized carbons (Fsp3) is 0. The SMILES string of the molecule is O=C(Nc1ccc(-c2nc3ccccc3o2)c(O)c1)c1ccccc1I. The lowest BCUT2D eigenvalue weighted by Crippen LogP contribution is -2.13. The molecule has 0 bridgehead atoms. The summed E-state index contributed by atoms with van der Waals surface area (Å²) in [5, 5.41) is 13.1. The minimum absolute atomic E-state index is 0.0166. The molecule has 26 heavy (non-hydrogen) atoms. The first-order valence-electron chi connectivity index (χ1n) is 7.86. The summed E-state index contributed by atoms with van der Waals surface area (Å²) < 4.78 is 6.54. The summed E-state index contributed by atoms with van der Waals surface area (Å²) in [5.74, 6) is 0.0836. The number of oxazole rings is 1. The summed E-state index contributed by atoms with van der Waals surface area (Å²) in [6, 6.07) is 19.6. The van der Waals surface area contributed by atoms with Crippen molar-refractivity contribution < 1.29 is 14.3 Å². The predicted molar refractivity (Wildman–Crippen MR) is 108 cm³/mol. The molecule has 2 N–H and O–H groups in total. The van der Waals surface area contributed by atoms with E-state index < -0.39 is 0 Å². The topological polar surface area (TPSA) is 75.4 Å². The van der Waals surface area contributed by atoms with Gasteiger partial charge in [-0.3, -0.25) is 4.79 Å². The Morgan fingerprint density at radius 2 is 1.81 bits per heavy atom. The average Bonchev–Trinajstić information content (AvgIpc) is 3.06. The van der Waals surface area contributed by atoms with E-state index in [1.807, 2.05) is 42.5 Å². The van der Waals surface area contributed by atoms with Gasteiger partial charge in [0.1, 0.15) is 11.3 Å². The van der Waals surface area contributed by atoms with Gasteiger partial charge in [-0.05, 0) is 59.0 Å². The van der Waals surface area contributed by atoms with Gasteiger partial charge in [-0.1, -0.05) is 24.3 Å². The number of halogens is 1. The summed E-state index contributed by atoms with van der Waals surface area (Å²) in [6.45, 7) is 0. The van der Waals surface area contributed by atoms with Crippen LogP contribution >= 0.6 is 22.6 Å². The molecular formula is C20H13IN2O3. The van der Waals surface area contributed by atoms with E-state index in [4.69, 9.17) is 4.42 Å². The molecule has 1 aromatic heterocycles. The molecular weight excluding hydrogens is 443 g/mol. The molecule has 128 valence electrons. The van der Waals surface area contributed by atoms with Crippen LogP contribution in [0.15, 0.2) is 71.1 Å². The lowest BCUT2D eigenvalue weighted by Gasteiger charge is -2.08. The first-order valence-corrected chi connectivity index (χ1v) is 8.94. The van der Waals surface area contributed by atoms with E-state index in [1.54, 1.807) is 18.2 Å². The molecule has 0 aliphatic heterocycles. The average molecular weight is 456 g/mol. The van der Waals surface area contributed by atoms with Crippen LogP contribution < -0.4 is 5.32 Å². The van der Waals surface area contributed by atoms with E-state index in [9.17, 15) is 9.90 Å². The van der Waals surface area contributed by atoms with Crippen molar-refractivity contribution in [1.29, 1.82) is 0 Å². The highest BCUT2D eigenvalue weighted by Crippen LogP contribution is 2.33. The molecule has 6 heteroatoms. The molecule has 0 saturated heterocycles. The van der Waals surface area contributed by atoms with Gasteiger partial charge in [-0.2, -0.15) is 0 Å². The van der Waals surface area contributed by atoms with Crippen molar-refractivity contribution in [3.8, 4) is 17.2 Å². The van der Waals surface area contributed by atoms with Gasteiger partial charge in [-0.25, -0.2) is 4.98 Å². The highest BCUT2D eigenvalue weighted by atomic mass is 127. The van der Waals surface area contributed by atoms with Crippen LogP contribution in [0.25, 0.3) is 22.6 Å². The van der Waals surface area contributed by atoms with Crippen molar-refractivity contribution in [3.63, 3.8) is 0 Å². The number of benzene rings is 3. The number of phenols is 1. The Balaban J connectivity index is 1.62. The number of rotatable bonds is 3. The fourth-order valence-corrected chi connectivity index (χ4v) is 3.25. The number of fused-ring (bicyclic) bond motifs is 1. The van der Waals surface area contributed by atoms with Crippen molar-refractivity contribution in [2.45, 2.75) is 0 Å². The summed E-state index contributed by atoms with van der Waals surface area (Å²) in [7, 11) is 0. The lowest BCUT2D eigenvalue weighted by molar-refractivity contribution is 0.102. The molecule has 1 amide bonds. The first kappa shape index (κ1) is 16.6. The normalized spacial score (nSPS) is 10.8. The number of hydrogen-bond donors (Lipinski definition) is 2. The Hall–Kier alpha value is -2.87. The van der Waals surface area contributed by atoms with Crippen molar-refractivity contribution in [2.24, 2.45) is 0 Å². The van der Waals surface area contributed by atoms with Gasteiger partial charge in [0.05, 0.1) is 11.1 Å². The number of aromatic nitrogens is 1. The molecule has 0 radical (unpaired) electrons. The number of hydrogen-bond acceptors (Lipinski definition) is 4. The monoisotopic (exact) mass is 456 g/mol. The molecule has 1 heterocycles. The maximum absolute atomic E-state index is 12.4. The maximum atomic E-state index is 12.4. The van der Waals surface area contributed by atoms with Crippen LogP contribution in [-0.4, -0.2) is 16.0 Å². The maximum Gasteiger partial charge on any atom is 0.256 e. The van der Waals surface area contributed by atoms with E-state index in [0.717, 1.165) is 9.09 Å². The van der Waals surface area contributed by atoms with Crippen LogP contribution in [0.1, 0.15) is 10.4 Å². The molecule has 4 rings (SSSR count). The summed E-state index contributed by atoms with van der Waals surface area (Å²) in [4.78, 5) is 16.8. The Morgan fingerprint density at radius 3 is 2.58 bits per heavy atom. The zero-order valence-corrected chi connectivity index (χ0v) is 15.6. The van der Waals surface area contributed by atoms with Gasteiger partial charge in [0, 0.05) is 15.3 Å². The van der Waals surface area contributed by atoms with Crippen molar-refractivity contribution >= 4 is 45.3 Å². The molecule has 0 saturated carbocycles. The molecule has 3 aromatic carbocycles. The molecule has 0 aliphatic carbocycles. The standard InChI is InChI=1S/C20H13IN2O3/c21-15-6-2-1-5-13(15)19(25)22-12-9-10-14(17(24)11-12)20-23-16-7-3-4-8-18(16)26-20/h1-11,24H,(H,22,25). The molecule has 0 aliphatic rings. The van der Waals surface area contributed by atoms with Crippen LogP contribution in [0.2, 0.25) is 0 Å². The van der Waals surface area contributed by atoms with E-state index in [1.165, 1.54) is 6.07 Å². The second-order valence-electron chi connectivity index (χ2n) is 5.65. The van der Waals surface area contributed by atoms with Gasteiger partial charge >= 0.3 is 0 Å². The van der Waals surface area contributed by atoms with Crippen LogP contribution in [0.4, 0.5) is 5.69 Å². The van der Waals surface area contributed by atoms with Gasteiger partial charge in [0.15, 0.2) is 5.58 Å². The second kappa shape index (κ2) is 6.80. The molecule has 0 spiro atoms. The van der Waals surface area contributed by atoms with Crippen LogP contribution in [0.3, 0.4) is 0 Å². The highest BCUT2D eigenvalue weighted by Gasteiger charge is 2.14. The summed E-state index contributed by atoms with van der Waals surface area (Å²) in [5.41, 5.74) is 2.91. The van der Waals surface area contributed by atoms with E-state index in [2.05, 4.69) is 32.9 Å². The Morgan fingerprint density at radius 1 is 1.04 bits per heavy atom. The van der Waals surface area contributed by atoms with Gasteiger partial charge in [-0.15, -0.1) is 0 Å².